The number of ether oxygens (including phenoxy) is 2. The van der Waals surface area contributed by atoms with E-state index in [9.17, 15) is 14.4 Å². The summed E-state index contributed by atoms with van der Waals surface area (Å²) in [6.45, 7) is 6.56. The molecular weight excluding hydrogens is 362 g/mol. The Morgan fingerprint density at radius 2 is 1.93 bits per heavy atom. The molecule has 8 nitrogen and oxygen atoms in total. The van der Waals surface area contributed by atoms with Gasteiger partial charge in [0.15, 0.2) is 11.9 Å². The van der Waals surface area contributed by atoms with Gasteiger partial charge in [0.25, 0.3) is 5.91 Å². The molecule has 28 heavy (non-hydrogen) atoms. The van der Waals surface area contributed by atoms with Gasteiger partial charge in [0.1, 0.15) is 5.75 Å². The van der Waals surface area contributed by atoms with Crippen LogP contribution in [0.25, 0.3) is 0 Å². The first-order valence-electron chi connectivity index (χ1n) is 8.82. The van der Waals surface area contributed by atoms with Crippen LogP contribution in [0.5, 0.6) is 5.75 Å². The van der Waals surface area contributed by atoms with Crippen molar-refractivity contribution in [2.24, 2.45) is 7.05 Å². The highest BCUT2D eigenvalue weighted by molar-refractivity contribution is 5.96. The van der Waals surface area contributed by atoms with E-state index < -0.39 is 18.0 Å². The summed E-state index contributed by atoms with van der Waals surface area (Å²) in [6.07, 6.45) is -1.11. The van der Waals surface area contributed by atoms with Gasteiger partial charge in [-0.25, -0.2) is 0 Å². The number of hydrogen-bond donors (Lipinski definition) is 1. The Balaban J connectivity index is 2.05. The lowest BCUT2D eigenvalue weighted by Crippen LogP contribution is -2.30. The summed E-state index contributed by atoms with van der Waals surface area (Å²) in [6, 6.07) is 4.85. The highest BCUT2D eigenvalue weighted by Gasteiger charge is 2.22. The fourth-order valence-corrected chi connectivity index (χ4v) is 2.76. The van der Waals surface area contributed by atoms with Crippen molar-refractivity contribution in [2.75, 3.05) is 12.4 Å². The summed E-state index contributed by atoms with van der Waals surface area (Å²) in [7, 11) is 3.26. The summed E-state index contributed by atoms with van der Waals surface area (Å²) < 4.78 is 12.2. The second-order valence-corrected chi connectivity index (χ2v) is 6.55. The van der Waals surface area contributed by atoms with Crippen LogP contribution in [0.1, 0.15) is 41.2 Å². The van der Waals surface area contributed by atoms with Crippen LogP contribution in [0.4, 0.5) is 5.69 Å². The Morgan fingerprint density at radius 1 is 1.25 bits per heavy atom. The predicted octanol–water partition coefficient (Wildman–Crippen LogP) is 2.36. The number of esters is 1. The van der Waals surface area contributed by atoms with Gasteiger partial charge in [0.2, 0.25) is 0 Å². The summed E-state index contributed by atoms with van der Waals surface area (Å²) in [5, 5.41) is 6.98. The van der Waals surface area contributed by atoms with E-state index in [1.54, 1.807) is 36.9 Å². The molecule has 150 valence electrons. The number of aryl methyl sites for hydroxylation is 2. The maximum Gasteiger partial charge on any atom is 0.311 e. The van der Waals surface area contributed by atoms with Gasteiger partial charge in [-0.15, -0.1) is 0 Å². The quantitative estimate of drug-likeness (QED) is 0.578. The number of nitrogens with one attached hydrogen (secondary N) is 1. The van der Waals surface area contributed by atoms with Crippen molar-refractivity contribution in [3.63, 3.8) is 0 Å². The highest BCUT2D eigenvalue weighted by Crippen LogP contribution is 2.22. The average molecular weight is 387 g/mol. The molecule has 8 heteroatoms. The highest BCUT2D eigenvalue weighted by atomic mass is 16.5. The Kier molecular flexibility index (Phi) is 6.56. The SMILES string of the molecule is COc1ccc(C(C)=O)cc1CC(=O)O[C@@H](C)C(=O)Nc1c(C)nn(C)c1C. The van der Waals surface area contributed by atoms with Gasteiger partial charge in [-0.1, -0.05) is 0 Å². The molecule has 1 aromatic carbocycles. The smallest absolute Gasteiger partial charge is 0.311 e. The van der Waals surface area contributed by atoms with Crippen LogP contribution >= 0.6 is 0 Å². The lowest BCUT2D eigenvalue weighted by atomic mass is 10.0. The molecule has 0 bridgehead atoms. The number of hydrogen-bond acceptors (Lipinski definition) is 6. The van der Waals surface area contributed by atoms with Crippen LogP contribution in [0.15, 0.2) is 18.2 Å². The molecule has 1 amide bonds. The molecule has 0 saturated heterocycles. The molecule has 1 atom stereocenters. The second kappa shape index (κ2) is 8.69. The Bertz CT molecular complexity index is 917. The number of benzene rings is 1. The summed E-state index contributed by atoms with van der Waals surface area (Å²) >= 11 is 0. The minimum Gasteiger partial charge on any atom is -0.496 e. The van der Waals surface area contributed by atoms with E-state index in [0.29, 0.717) is 28.3 Å². The first-order valence-corrected chi connectivity index (χ1v) is 8.82. The van der Waals surface area contributed by atoms with Gasteiger partial charge in [-0.2, -0.15) is 5.10 Å². The number of aromatic nitrogens is 2. The van der Waals surface area contributed by atoms with E-state index in [-0.39, 0.29) is 12.2 Å². The van der Waals surface area contributed by atoms with Crippen LogP contribution < -0.4 is 10.1 Å². The van der Waals surface area contributed by atoms with E-state index in [1.165, 1.54) is 21.0 Å². The number of methoxy groups -OCH3 is 1. The molecule has 0 radical (unpaired) electrons. The number of nitrogens with zero attached hydrogens (tertiary/aromatic N) is 2. The maximum atomic E-state index is 12.4. The average Bonchev–Trinajstić information content (AvgIpc) is 2.87. The number of ketones is 1. The van der Waals surface area contributed by atoms with E-state index in [4.69, 9.17) is 9.47 Å². The van der Waals surface area contributed by atoms with Crippen LogP contribution in [0.2, 0.25) is 0 Å². The summed E-state index contributed by atoms with van der Waals surface area (Å²) in [5.74, 6) is -0.689. The lowest BCUT2D eigenvalue weighted by Gasteiger charge is -2.15. The van der Waals surface area contributed by atoms with Crippen LogP contribution in [-0.2, 0) is 27.8 Å². The first-order chi connectivity index (χ1) is 13.1. The maximum absolute atomic E-state index is 12.4. The van der Waals surface area contributed by atoms with Crippen molar-refractivity contribution in [1.29, 1.82) is 0 Å². The van der Waals surface area contributed by atoms with E-state index in [1.807, 2.05) is 6.92 Å². The number of anilines is 1. The molecule has 0 aliphatic heterocycles. The Morgan fingerprint density at radius 3 is 2.46 bits per heavy atom. The first kappa shape index (κ1) is 21.1. The predicted molar refractivity (Wildman–Crippen MR) is 104 cm³/mol. The Hall–Kier alpha value is -3.16. The van der Waals surface area contributed by atoms with Crippen LogP contribution in [-0.4, -0.2) is 40.7 Å². The van der Waals surface area contributed by atoms with Gasteiger partial charge >= 0.3 is 5.97 Å². The standard InChI is InChI=1S/C20H25N3O5/c1-11-19(12(2)23(5)22-11)21-20(26)14(4)28-18(25)10-16-9-15(13(3)24)7-8-17(16)27-6/h7-9,14H,10H2,1-6H3,(H,21,26)/t14-/m0/s1. The summed E-state index contributed by atoms with van der Waals surface area (Å²) in [5.41, 5.74) is 3.07. The number of amides is 1. The topological polar surface area (TPSA) is 99.5 Å². The Labute approximate surface area is 163 Å². The van der Waals surface area contributed by atoms with Crippen molar-refractivity contribution < 1.29 is 23.9 Å². The largest absolute Gasteiger partial charge is 0.496 e. The minimum absolute atomic E-state index is 0.118. The van der Waals surface area contributed by atoms with Gasteiger partial charge < -0.3 is 14.8 Å². The normalized spacial score (nSPS) is 11.6. The fourth-order valence-electron chi connectivity index (χ4n) is 2.76. The molecule has 1 aromatic heterocycles. The fraction of sp³-hybridized carbons (Fsp3) is 0.400. The van der Waals surface area contributed by atoms with Crippen molar-refractivity contribution in [1.82, 2.24) is 9.78 Å². The monoisotopic (exact) mass is 387 g/mol. The van der Waals surface area contributed by atoms with Crippen molar-refractivity contribution >= 4 is 23.3 Å². The van der Waals surface area contributed by atoms with Gasteiger partial charge in [-0.3, -0.25) is 19.1 Å². The number of rotatable bonds is 7. The van der Waals surface area contributed by atoms with E-state index >= 15 is 0 Å². The molecule has 0 aliphatic carbocycles. The molecule has 2 aromatic rings. The zero-order chi connectivity index (χ0) is 21.0. The van der Waals surface area contributed by atoms with Crippen LogP contribution in [0.3, 0.4) is 0 Å². The van der Waals surface area contributed by atoms with Crippen molar-refractivity contribution in [3.8, 4) is 5.75 Å². The van der Waals surface area contributed by atoms with Gasteiger partial charge in [0.05, 0.1) is 30.6 Å². The second-order valence-electron chi connectivity index (χ2n) is 6.55. The zero-order valence-electron chi connectivity index (χ0n) is 17.0. The third kappa shape index (κ3) is 4.76. The zero-order valence-corrected chi connectivity index (χ0v) is 17.0. The molecule has 1 N–H and O–H groups in total. The third-order valence-electron chi connectivity index (χ3n) is 4.46. The number of Topliss-reactive ketones (excluding diaryl/α,β-unsaturated/α-hetero) is 1. The molecular formula is C20H25N3O5. The van der Waals surface area contributed by atoms with Crippen LogP contribution in [0, 0.1) is 13.8 Å². The van der Waals surface area contributed by atoms with Crippen molar-refractivity contribution in [3.05, 3.63) is 40.7 Å². The molecule has 1 heterocycles. The number of carbonyl (C=O) groups is 3. The van der Waals surface area contributed by atoms with Crippen molar-refractivity contribution in [2.45, 2.75) is 40.2 Å². The summed E-state index contributed by atoms with van der Waals surface area (Å²) in [4.78, 5) is 36.3. The van der Waals surface area contributed by atoms with E-state index in [0.717, 1.165) is 5.69 Å². The molecule has 0 saturated carbocycles. The molecule has 0 aliphatic rings. The lowest BCUT2D eigenvalue weighted by molar-refractivity contribution is -0.152. The van der Waals surface area contributed by atoms with Gasteiger partial charge in [0, 0.05) is 18.2 Å². The molecule has 2 rings (SSSR count). The molecule has 0 unspecified atom stereocenters. The minimum atomic E-state index is -0.992. The molecule has 0 spiro atoms. The molecule has 0 fully saturated rings. The van der Waals surface area contributed by atoms with E-state index in [2.05, 4.69) is 10.4 Å². The van der Waals surface area contributed by atoms with Gasteiger partial charge in [-0.05, 0) is 45.9 Å². The number of carbonyl (C=O) groups excluding carboxylic acids is 3. The third-order valence-corrected chi connectivity index (χ3v) is 4.46.